The van der Waals surface area contributed by atoms with Gasteiger partial charge in [0.2, 0.25) is 29.6 Å². The molecule has 6 heterocycles. The fourth-order valence-corrected chi connectivity index (χ4v) is 9.67. The summed E-state index contributed by atoms with van der Waals surface area (Å²) in [5, 5.41) is 31.1. The van der Waals surface area contributed by atoms with Gasteiger partial charge >= 0.3 is 5.97 Å². The third-order valence-corrected chi connectivity index (χ3v) is 13.8. The molecule has 79 heavy (non-hydrogen) atoms. The van der Waals surface area contributed by atoms with Crippen molar-refractivity contribution in [2.45, 2.75) is 69.6 Å². The highest BCUT2D eigenvalue weighted by molar-refractivity contribution is 6.25. The van der Waals surface area contributed by atoms with Crippen LogP contribution in [0.1, 0.15) is 106 Å². The van der Waals surface area contributed by atoms with E-state index in [0.29, 0.717) is 126 Å². The van der Waals surface area contributed by atoms with E-state index in [9.17, 15) is 33.9 Å². The molecule has 5 amide bonds. The number of rotatable bonds is 28. The van der Waals surface area contributed by atoms with Gasteiger partial charge in [-0.25, -0.2) is 9.78 Å². The molecular formula is C55H64N10O14. The van der Waals surface area contributed by atoms with E-state index in [1.165, 1.54) is 0 Å². The van der Waals surface area contributed by atoms with Crippen LogP contribution in [-0.4, -0.2) is 169 Å². The lowest BCUT2D eigenvalue weighted by Crippen LogP contribution is -2.54. The summed E-state index contributed by atoms with van der Waals surface area (Å²) in [7, 11) is 0. The number of ether oxygens (including phenoxy) is 6. The van der Waals surface area contributed by atoms with Crippen molar-refractivity contribution in [2.75, 3.05) is 108 Å². The van der Waals surface area contributed by atoms with Crippen LogP contribution in [0, 0.1) is 0 Å². The Morgan fingerprint density at radius 2 is 1.49 bits per heavy atom. The van der Waals surface area contributed by atoms with Gasteiger partial charge < -0.3 is 58.8 Å². The summed E-state index contributed by atoms with van der Waals surface area (Å²) >= 11 is 0. The summed E-state index contributed by atoms with van der Waals surface area (Å²) < 4.78 is 39.8. The van der Waals surface area contributed by atoms with Crippen molar-refractivity contribution >= 4 is 58.6 Å². The van der Waals surface area contributed by atoms with Crippen molar-refractivity contribution in [3.05, 3.63) is 107 Å². The summed E-state index contributed by atoms with van der Waals surface area (Å²) in [6, 6.07) is 18.1. The quantitative estimate of drug-likeness (QED) is 0.0261. The lowest BCUT2D eigenvalue weighted by molar-refractivity contribution is -0.136. The Balaban J connectivity index is 0.618. The second-order valence-electron chi connectivity index (χ2n) is 19.5. The monoisotopic (exact) mass is 1090 g/mol. The molecule has 0 aliphatic carbocycles. The van der Waals surface area contributed by atoms with E-state index in [2.05, 4.69) is 36.4 Å². The summed E-state index contributed by atoms with van der Waals surface area (Å²) in [5.74, 6) is -1.42. The Labute approximate surface area is 455 Å². The minimum atomic E-state index is -1.03. The molecule has 1 unspecified atom stereocenters. The number of carbonyl (C=O) groups is 6. The predicted octanol–water partition coefficient (Wildman–Crippen LogP) is 4.51. The summed E-state index contributed by atoms with van der Waals surface area (Å²) in [5.41, 5.74) is 3.25. The van der Waals surface area contributed by atoms with Gasteiger partial charge in [-0.3, -0.25) is 34.2 Å². The summed E-state index contributed by atoms with van der Waals surface area (Å²) in [4.78, 5) is 87.8. The SMILES string of the molecule is CC1(C)OC(=O)c2ccc(Nc3ncc(-c4nnc(C5CCN(C(=O)CCOCCOCCOCCOCCOCCNc6cccc7c6C(=O)N(C6CCC(=O)NC6=O)C7=O)CC5)o4)c(N[C@H](CO)c4ccccc4)n3)cc21. The average molecular weight is 1090 g/mol. The molecule has 0 radical (unpaired) electrons. The number of anilines is 4. The number of hydrogen-bond acceptors (Lipinski definition) is 21. The zero-order valence-electron chi connectivity index (χ0n) is 44.0. The Bertz CT molecular complexity index is 2980. The third kappa shape index (κ3) is 13.8. The van der Waals surface area contributed by atoms with Gasteiger partial charge in [0.05, 0.1) is 107 Å². The number of fused-ring (bicyclic) bond motifs is 2. The molecule has 0 bridgehead atoms. The molecule has 2 saturated heterocycles. The van der Waals surface area contributed by atoms with Gasteiger partial charge in [0.25, 0.3) is 17.7 Å². The van der Waals surface area contributed by atoms with Crippen LogP contribution in [0.2, 0.25) is 0 Å². The number of piperidine rings is 2. The van der Waals surface area contributed by atoms with E-state index in [1.807, 2.05) is 55.1 Å². The Morgan fingerprint density at radius 1 is 0.797 bits per heavy atom. The van der Waals surface area contributed by atoms with E-state index >= 15 is 0 Å². The first-order valence-corrected chi connectivity index (χ1v) is 26.4. The van der Waals surface area contributed by atoms with Crippen molar-refractivity contribution in [2.24, 2.45) is 0 Å². The molecule has 5 aromatic rings. The standard InChI is InChI=1S/C55H64N10O14/c1-55(2)40-31-36(11-12-37(40)53(72)79-55)58-54-57-32-39(47(61-54)59-42(33-66)34-7-4-3-5-8-34)50-63-62-49(78-50)35-15-19-64(20-16-35)45(68)17-21-73-23-25-75-27-29-77-30-28-76-26-24-74-22-18-56-41-10-6-9-38-46(41)52(71)65(51(38)70)43-13-14-44(67)60-48(43)69/h3-12,31-32,35,42-43,56,66H,13-30,33H2,1-2H3,(H,60,67,69)(H2,57,58,59,61)/t42-,43?/m1/s1. The molecule has 3 aromatic carbocycles. The smallest absolute Gasteiger partial charge is 0.339 e. The van der Waals surface area contributed by atoms with Gasteiger partial charge in [0, 0.05) is 55.1 Å². The highest BCUT2D eigenvalue weighted by Crippen LogP contribution is 2.39. The molecule has 5 N–H and O–H groups in total. The van der Waals surface area contributed by atoms with Crippen LogP contribution < -0.4 is 21.3 Å². The number of aliphatic hydroxyl groups is 1. The summed E-state index contributed by atoms with van der Waals surface area (Å²) in [6.07, 6.45) is 3.22. The van der Waals surface area contributed by atoms with Crippen molar-refractivity contribution in [1.29, 1.82) is 0 Å². The van der Waals surface area contributed by atoms with Gasteiger partial charge in [-0.2, -0.15) is 4.98 Å². The fraction of sp³-hybridized carbons (Fsp3) is 0.455. The molecule has 418 valence electrons. The highest BCUT2D eigenvalue weighted by Gasteiger charge is 2.46. The average Bonchev–Trinajstić information content (AvgIpc) is 4.34. The zero-order valence-corrected chi connectivity index (χ0v) is 44.0. The molecule has 0 saturated carbocycles. The third-order valence-electron chi connectivity index (χ3n) is 13.8. The molecule has 9 rings (SSSR count). The Kier molecular flexibility index (Phi) is 18.6. The first-order chi connectivity index (χ1) is 38.4. The number of nitrogens with one attached hydrogen (secondary N) is 4. The minimum Gasteiger partial charge on any atom is -0.451 e. The van der Waals surface area contributed by atoms with E-state index in [1.54, 1.807) is 36.5 Å². The molecule has 0 spiro atoms. The number of aromatic nitrogens is 4. The van der Waals surface area contributed by atoms with Gasteiger partial charge in [-0.1, -0.05) is 36.4 Å². The van der Waals surface area contributed by atoms with Crippen molar-refractivity contribution in [1.82, 2.24) is 35.3 Å². The second kappa shape index (κ2) is 26.3. The summed E-state index contributed by atoms with van der Waals surface area (Å²) in [6.45, 7) is 8.31. The largest absolute Gasteiger partial charge is 0.451 e. The predicted molar refractivity (Wildman–Crippen MR) is 282 cm³/mol. The number of amides is 5. The first kappa shape index (κ1) is 56.0. The van der Waals surface area contributed by atoms with Crippen LogP contribution in [-0.2, 0) is 48.4 Å². The molecule has 4 aliphatic heterocycles. The molecule has 24 heteroatoms. The maximum atomic E-state index is 13.2. The maximum absolute atomic E-state index is 13.2. The van der Waals surface area contributed by atoms with Crippen LogP contribution in [0.5, 0.6) is 0 Å². The van der Waals surface area contributed by atoms with E-state index in [0.717, 1.165) is 16.0 Å². The van der Waals surface area contributed by atoms with Crippen LogP contribution in [0.4, 0.5) is 23.1 Å². The Morgan fingerprint density at radius 3 is 2.19 bits per heavy atom. The maximum Gasteiger partial charge on any atom is 0.339 e. The fourth-order valence-electron chi connectivity index (χ4n) is 9.67. The minimum absolute atomic E-state index is 0.000599. The first-order valence-electron chi connectivity index (χ1n) is 26.4. The number of cyclic esters (lactones) is 1. The number of esters is 1. The molecule has 24 nitrogen and oxygen atoms in total. The van der Waals surface area contributed by atoms with Gasteiger partial charge in [-0.05, 0) is 69.0 Å². The number of nitrogens with zero attached hydrogens (tertiary/aromatic N) is 6. The van der Waals surface area contributed by atoms with Gasteiger partial charge in [0.1, 0.15) is 17.5 Å². The van der Waals surface area contributed by atoms with E-state index in [4.69, 9.17) is 37.8 Å². The number of benzene rings is 3. The van der Waals surface area contributed by atoms with Crippen molar-refractivity contribution < 1.29 is 66.7 Å². The van der Waals surface area contributed by atoms with Crippen LogP contribution in [0.15, 0.2) is 77.3 Å². The Hall–Kier alpha value is -7.74. The van der Waals surface area contributed by atoms with E-state index in [-0.39, 0.29) is 73.2 Å². The van der Waals surface area contributed by atoms with Gasteiger partial charge in [-0.15, -0.1) is 10.2 Å². The molecule has 2 fully saturated rings. The topological polar surface area (TPSA) is 297 Å². The highest BCUT2D eigenvalue weighted by atomic mass is 16.6. The second-order valence-corrected chi connectivity index (χ2v) is 19.5. The number of likely N-dealkylation sites (tertiary alicyclic amines) is 1. The van der Waals surface area contributed by atoms with Gasteiger partial charge in [0.15, 0.2) is 0 Å². The number of hydrogen-bond donors (Lipinski definition) is 5. The number of imide groups is 2. The van der Waals surface area contributed by atoms with Crippen molar-refractivity contribution in [3.8, 4) is 11.5 Å². The zero-order chi connectivity index (χ0) is 55.3. The van der Waals surface area contributed by atoms with Crippen LogP contribution in [0.3, 0.4) is 0 Å². The lowest BCUT2D eigenvalue weighted by atomic mass is 9.95. The lowest BCUT2D eigenvalue weighted by Gasteiger charge is -2.30. The molecule has 2 aromatic heterocycles. The van der Waals surface area contributed by atoms with Crippen LogP contribution >= 0.6 is 0 Å². The normalized spacial score (nSPS) is 17.4. The van der Waals surface area contributed by atoms with Crippen molar-refractivity contribution in [3.63, 3.8) is 0 Å². The molecular weight excluding hydrogens is 1020 g/mol. The number of aliphatic hydroxyl groups excluding tert-OH is 1. The molecule has 2 atom stereocenters. The van der Waals surface area contributed by atoms with E-state index < -0.39 is 41.3 Å². The number of carbonyl (C=O) groups excluding carboxylic acids is 6. The molecule has 4 aliphatic rings. The van der Waals surface area contributed by atoms with Crippen LogP contribution in [0.25, 0.3) is 11.5 Å².